The van der Waals surface area contributed by atoms with Crippen LogP contribution >= 0.6 is 0 Å². The molecule has 0 saturated heterocycles. The van der Waals surface area contributed by atoms with Crippen molar-refractivity contribution < 1.29 is 28.6 Å². The normalized spacial score (nSPS) is 12.6. The molecular formula is C58H100O6. The summed E-state index contributed by atoms with van der Waals surface area (Å²) in [7, 11) is 0. The van der Waals surface area contributed by atoms with E-state index in [1.807, 2.05) is 24.3 Å². The van der Waals surface area contributed by atoms with Crippen LogP contribution in [0.25, 0.3) is 0 Å². The maximum absolute atomic E-state index is 12.8. The summed E-state index contributed by atoms with van der Waals surface area (Å²) in [4.78, 5) is 38.0. The van der Waals surface area contributed by atoms with Gasteiger partial charge in [0, 0.05) is 19.3 Å². The number of carbonyl (C=O) groups excluding carboxylic acids is 3. The average molecular weight is 893 g/mol. The summed E-state index contributed by atoms with van der Waals surface area (Å²) in [6.45, 7) is 6.49. The monoisotopic (exact) mass is 893 g/mol. The van der Waals surface area contributed by atoms with E-state index in [-0.39, 0.29) is 31.1 Å². The van der Waals surface area contributed by atoms with E-state index in [2.05, 4.69) is 69.4 Å². The molecule has 0 aliphatic heterocycles. The molecule has 6 nitrogen and oxygen atoms in total. The van der Waals surface area contributed by atoms with E-state index >= 15 is 0 Å². The first kappa shape index (κ1) is 60.9. The molecule has 6 heteroatoms. The van der Waals surface area contributed by atoms with Gasteiger partial charge in [-0.15, -0.1) is 0 Å². The molecule has 0 rings (SSSR count). The molecule has 0 aromatic heterocycles. The minimum Gasteiger partial charge on any atom is -0.462 e. The molecule has 0 aliphatic rings. The van der Waals surface area contributed by atoms with Crippen molar-refractivity contribution >= 4 is 17.9 Å². The Labute approximate surface area is 395 Å². The number of carbonyl (C=O) groups is 3. The fraction of sp³-hybridized carbons (Fsp3) is 0.741. The van der Waals surface area contributed by atoms with Gasteiger partial charge in [-0.05, 0) is 57.8 Å². The highest BCUT2D eigenvalue weighted by atomic mass is 16.6. The van der Waals surface area contributed by atoms with Crippen LogP contribution in [0.3, 0.4) is 0 Å². The van der Waals surface area contributed by atoms with Crippen molar-refractivity contribution in [1.29, 1.82) is 0 Å². The van der Waals surface area contributed by atoms with Crippen molar-refractivity contribution in [2.45, 2.75) is 264 Å². The number of ether oxygens (including phenoxy) is 3. The van der Waals surface area contributed by atoms with Crippen LogP contribution in [0.2, 0.25) is 0 Å². The van der Waals surface area contributed by atoms with Gasteiger partial charge in [0.1, 0.15) is 13.2 Å². The van der Waals surface area contributed by atoms with Crippen LogP contribution < -0.4 is 0 Å². The molecule has 0 amide bonds. The van der Waals surface area contributed by atoms with Crippen molar-refractivity contribution in [2.75, 3.05) is 13.2 Å². The van der Waals surface area contributed by atoms with Gasteiger partial charge in [-0.3, -0.25) is 14.4 Å². The smallest absolute Gasteiger partial charge is 0.306 e. The fourth-order valence-electron chi connectivity index (χ4n) is 7.45. The zero-order chi connectivity index (χ0) is 46.5. The van der Waals surface area contributed by atoms with Crippen LogP contribution in [0, 0.1) is 0 Å². The van der Waals surface area contributed by atoms with E-state index in [9.17, 15) is 14.4 Å². The molecule has 0 heterocycles. The van der Waals surface area contributed by atoms with Gasteiger partial charge in [0.15, 0.2) is 6.10 Å². The predicted molar refractivity (Wildman–Crippen MR) is 274 cm³/mol. The lowest BCUT2D eigenvalue weighted by atomic mass is 10.0. The van der Waals surface area contributed by atoms with Gasteiger partial charge < -0.3 is 14.2 Å². The molecule has 0 N–H and O–H groups in total. The molecule has 0 fully saturated rings. The van der Waals surface area contributed by atoms with E-state index in [1.165, 1.54) is 116 Å². The van der Waals surface area contributed by atoms with Gasteiger partial charge in [0.2, 0.25) is 0 Å². The van der Waals surface area contributed by atoms with Crippen molar-refractivity contribution in [1.82, 2.24) is 0 Å². The summed E-state index contributed by atoms with van der Waals surface area (Å²) in [5.41, 5.74) is 0. The minimum absolute atomic E-state index is 0.0885. The second kappa shape index (κ2) is 52.5. The number of esters is 3. The predicted octanol–water partition coefficient (Wildman–Crippen LogP) is 17.8. The van der Waals surface area contributed by atoms with Crippen LogP contribution in [-0.4, -0.2) is 37.2 Å². The zero-order valence-corrected chi connectivity index (χ0v) is 42.0. The van der Waals surface area contributed by atoms with Crippen molar-refractivity contribution in [3.05, 3.63) is 72.9 Å². The standard InChI is InChI=1S/C58H100O6/c1-4-7-10-13-16-19-22-24-26-28-30-32-34-36-39-42-45-48-51-57(60)63-54-55(53-62-56(59)50-47-44-41-38-21-18-15-12-9-6-3)64-58(61)52-49-46-43-40-37-35-33-31-29-27-25-23-20-17-14-11-8-5-2/h10,13,15-16,18-19,22,24,26,28,30,32,55H,4-9,11-12,14,17,20-21,23,25,27,29,31,33-54H2,1-3H3/b13-10-,18-15-,19-16-,24-22-,28-26-,32-30-. The molecule has 0 spiro atoms. The van der Waals surface area contributed by atoms with E-state index in [0.29, 0.717) is 19.3 Å². The Morgan fingerprint density at radius 1 is 0.312 bits per heavy atom. The largest absolute Gasteiger partial charge is 0.462 e. The number of unbranched alkanes of at least 4 members (excludes halogenated alkanes) is 29. The van der Waals surface area contributed by atoms with Gasteiger partial charge in [0.05, 0.1) is 0 Å². The van der Waals surface area contributed by atoms with Gasteiger partial charge in [-0.25, -0.2) is 0 Å². The molecule has 0 aromatic carbocycles. The van der Waals surface area contributed by atoms with Crippen LogP contribution in [0.5, 0.6) is 0 Å². The third-order valence-electron chi connectivity index (χ3n) is 11.5. The first-order valence-corrected chi connectivity index (χ1v) is 27.0. The molecule has 0 aliphatic carbocycles. The summed E-state index contributed by atoms with van der Waals surface area (Å²) in [5, 5.41) is 0. The minimum atomic E-state index is -0.788. The highest BCUT2D eigenvalue weighted by Gasteiger charge is 2.19. The van der Waals surface area contributed by atoms with E-state index in [0.717, 1.165) is 103 Å². The Morgan fingerprint density at radius 3 is 1.03 bits per heavy atom. The lowest BCUT2D eigenvalue weighted by Crippen LogP contribution is -2.30. The number of allylic oxidation sites excluding steroid dienone is 12. The Bertz CT molecular complexity index is 1210. The van der Waals surface area contributed by atoms with Gasteiger partial charge in [-0.2, -0.15) is 0 Å². The molecule has 0 bridgehead atoms. The molecule has 0 aromatic rings. The number of rotatable bonds is 48. The zero-order valence-electron chi connectivity index (χ0n) is 42.0. The van der Waals surface area contributed by atoms with Gasteiger partial charge in [-0.1, -0.05) is 254 Å². The average Bonchev–Trinajstić information content (AvgIpc) is 3.29. The molecule has 1 atom stereocenters. The summed E-state index contributed by atoms with van der Waals surface area (Å²) < 4.78 is 16.8. The van der Waals surface area contributed by atoms with Crippen molar-refractivity contribution in [3.63, 3.8) is 0 Å². The third-order valence-corrected chi connectivity index (χ3v) is 11.5. The van der Waals surface area contributed by atoms with Crippen LogP contribution in [0.1, 0.15) is 258 Å². The van der Waals surface area contributed by atoms with E-state index in [4.69, 9.17) is 14.2 Å². The topological polar surface area (TPSA) is 78.9 Å². The first-order chi connectivity index (χ1) is 31.5. The molecular weight excluding hydrogens is 793 g/mol. The van der Waals surface area contributed by atoms with Crippen LogP contribution in [0.4, 0.5) is 0 Å². The number of hydrogen-bond donors (Lipinski definition) is 0. The Kier molecular flexibility index (Phi) is 49.9. The van der Waals surface area contributed by atoms with Gasteiger partial charge in [0.25, 0.3) is 0 Å². The number of hydrogen-bond acceptors (Lipinski definition) is 6. The Balaban J connectivity index is 4.38. The highest BCUT2D eigenvalue weighted by Crippen LogP contribution is 2.16. The van der Waals surface area contributed by atoms with Crippen LogP contribution in [0.15, 0.2) is 72.9 Å². The summed E-state index contributed by atoms with van der Waals surface area (Å²) in [6.07, 6.45) is 66.0. The third kappa shape index (κ3) is 49.9. The van der Waals surface area contributed by atoms with Gasteiger partial charge >= 0.3 is 17.9 Å². The first-order valence-electron chi connectivity index (χ1n) is 27.0. The van der Waals surface area contributed by atoms with Crippen LogP contribution in [-0.2, 0) is 28.6 Å². The molecule has 0 saturated carbocycles. The molecule has 64 heavy (non-hydrogen) atoms. The summed E-state index contributed by atoms with van der Waals surface area (Å²) in [6, 6.07) is 0. The highest BCUT2D eigenvalue weighted by molar-refractivity contribution is 5.71. The molecule has 368 valence electrons. The molecule has 0 radical (unpaired) electrons. The van der Waals surface area contributed by atoms with Crippen molar-refractivity contribution in [2.24, 2.45) is 0 Å². The Morgan fingerprint density at radius 2 is 0.625 bits per heavy atom. The molecule has 1 unspecified atom stereocenters. The maximum atomic E-state index is 12.8. The summed E-state index contributed by atoms with van der Waals surface area (Å²) in [5.74, 6) is -0.920. The fourth-order valence-corrected chi connectivity index (χ4v) is 7.45. The Hall–Kier alpha value is -3.15. The summed E-state index contributed by atoms with van der Waals surface area (Å²) >= 11 is 0. The second-order valence-corrected chi connectivity index (χ2v) is 17.9. The SMILES string of the molecule is CCC\C=C/C=C\C=C/C=C\C=C/CCCCCCCC(=O)OCC(COC(=O)CCCCCC/C=C\CCCC)OC(=O)CCCCCCCCCCCCCCCCCCCC. The quantitative estimate of drug-likeness (QED) is 0.0199. The maximum Gasteiger partial charge on any atom is 0.306 e. The van der Waals surface area contributed by atoms with Crippen molar-refractivity contribution in [3.8, 4) is 0 Å². The van der Waals surface area contributed by atoms with E-state index in [1.54, 1.807) is 0 Å². The lowest BCUT2D eigenvalue weighted by Gasteiger charge is -2.18. The second-order valence-electron chi connectivity index (χ2n) is 17.9. The lowest BCUT2D eigenvalue weighted by molar-refractivity contribution is -0.167. The van der Waals surface area contributed by atoms with E-state index < -0.39 is 6.10 Å².